The summed E-state index contributed by atoms with van der Waals surface area (Å²) in [7, 11) is 0. The molecule has 76 valence electrons. The molecule has 15 heavy (non-hydrogen) atoms. The fourth-order valence-corrected chi connectivity index (χ4v) is 1.64. The van der Waals surface area contributed by atoms with Gasteiger partial charge in [-0.25, -0.2) is 0 Å². The van der Waals surface area contributed by atoms with Crippen molar-refractivity contribution >= 4 is 16.6 Å². The van der Waals surface area contributed by atoms with Gasteiger partial charge in [0.25, 0.3) is 0 Å². The molecule has 0 unspecified atom stereocenters. The molecule has 0 aliphatic carbocycles. The second-order valence-corrected chi connectivity index (χ2v) is 3.50. The van der Waals surface area contributed by atoms with E-state index in [4.69, 9.17) is 0 Å². The molecule has 2 rings (SSSR count). The summed E-state index contributed by atoms with van der Waals surface area (Å²) in [6.07, 6.45) is 1.85. The van der Waals surface area contributed by atoms with E-state index in [1.165, 1.54) is 0 Å². The number of aryl methyl sites for hydroxylation is 1. The topological polar surface area (TPSA) is 24.9 Å². The Morgan fingerprint density at radius 3 is 3.00 bits per heavy atom. The van der Waals surface area contributed by atoms with Gasteiger partial charge in [-0.2, -0.15) is 0 Å². The normalized spacial score (nSPS) is 10.2. The third kappa shape index (κ3) is 1.99. The number of anilines is 1. The van der Waals surface area contributed by atoms with Crippen LogP contribution in [0.3, 0.4) is 0 Å². The van der Waals surface area contributed by atoms with E-state index < -0.39 is 0 Å². The van der Waals surface area contributed by atoms with Gasteiger partial charge in [0, 0.05) is 23.3 Å². The molecule has 1 aromatic heterocycles. The predicted octanol–water partition coefficient (Wildman–Crippen LogP) is 3.14. The van der Waals surface area contributed by atoms with Crippen molar-refractivity contribution in [2.24, 2.45) is 0 Å². The molecule has 0 amide bonds. The van der Waals surface area contributed by atoms with Crippen molar-refractivity contribution in [1.29, 1.82) is 0 Å². The first-order valence-electron chi connectivity index (χ1n) is 5.02. The molecule has 0 saturated carbocycles. The van der Waals surface area contributed by atoms with Crippen molar-refractivity contribution in [3.8, 4) is 0 Å². The Kier molecular flexibility index (Phi) is 2.68. The van der Waals surface area contributed by atoms with Crippen molar-refractivity contribution in [2.45, 2.75) is 6.92 Å². The van der Waals surface area contributed by atoms with Crippen LogP contribution in [0.5, 0.6) is 0 Å². The van der Waals surface area contributed by atoms with Crippen molar-refractivity contribution in [3.63, 3.8) is 0 Å². The average Bonchev–Trinajstić information content (AvgIpc) is 2.25. The van der Waals surface area contributed by atoms with Crippen molar-refractivity contribution in [3.05, 3.63) is 48.7 Å². The van der Waals surface area contributed by atoms with Gasteiger partial charge in [-0.3, -0.25) is 4.98 Å². The highest BCUT2D eigenvalue weighted by Crippen LogP contribution is 2.22. The number of hydrogen-bond acceptors (Lipinski definition) is 2. The van der Waals surface area contributed by atoms with Crippen LogP contribution in [-0.4, -0.2) is 11.5 Å². The maximum absolute atomic E-state index is 4.48. The lowest BCUT2D eigenvalue weighted by molar-refractivity contribution is 1.24. The molecule has 0 radical (unpaired) electrons. The fourth-order valence-electron chi connectivity index (χ4n) is 1.64. The summed E-state index contributed by atoms with van der Waals surface area (Å²) in [5.41, 5.74) is 3.18. The lowest BCUT2D eigenvalue weighted by Crippen LogP contribution is -1.99. The van der Waals surface area contributed by atoms with E-state index in [1.54, 1.807) is 0 Å². The number of nitrogens with one attached hydrogen (secondary N) is 1. The van der Waals surface area contributed by atoms with Crippen molar-refractivity contribution in [2.75, 3.05) is 11.9 Å². The van der Waals surface area contributed by atoms with Gasteiger partial charge < -0.3 is 5.32 Å². The van der Waals surface area contributed by atoms with Crippen molar-refractivity contribution in [1.82, 2.24) is 4.98 Å². The van der Waals surface area contributed by atoms with Crippen molar-refractivity contribution < 1.29 is 0 Å². The zero-order valence-electron chi connectivity index (χ0n) is 8.83. The summed E-state index contributed by atoms with van der Waals surface area (Å²) in [6, 6.07) is 10.2. The molecule has 1 N–H and O–H groups in total. The van der Waals surface area contributed by atoms with Crippen LogP contribution in [0.15, 0.2) is 43.0 Å². The maximum atomic E-state index is 4.48. The Bertz CT molecular complexity index is 489. The first-order chi connectivity index (χ1) is 7.31. The number of para-hydroxylation sites is 1. The molecule has 1 aromatic carbocycles. The number of aromatic nitrogens is 1. The third-order valence-electron chi connectivity index (χ3n) is 2.28. The number of nitrogens with zero attached hydrogens (tertiary/aromatic N) is 1. The Morgan fingerprint density at radius 2 is 2.20 bits per heavy atom. The largest absolute Gasteiger partial charge is 0.381 e. The third-order valence-corrected chi connectivity index (χ3v) is 2.28. The summed E-state index contributed by atoms with van der Waals surface area (Å²) in [5, 5.41) is 4.48. The number of hydrogen-bond donors (Lipinski definition) is 1. The first-order valence-corrected chi connectivity index (χ1v) is 5.02. The average molecular weight is 198 g/mol. The molecule has 1 heterocycles. The Labute approximate surface area is 89.7 Å². The van der Waals surface area contributed by atoms with Crippen LogP contribution in [0.25, 0.3) is 10.9 Å². The van der Waals surface area contributed by atoms with E-state index >= 15 is 0 Å². The van der Waals surface area contributed by atoms with E-state index in [0.29, 0.717) is 0 Å². The molecular weight excluding hydrogens is 184 g/mol. The minimum absolute atomic E-state index is 0.771. The van der Waals surface area contributed by atoms with Crippen LogP contribution in [0.4, 0.5) is 5.69 Å². The van der Waals surface area contributed by atoms with E-state index in [2.05, 4.69) is 29.0 Å². The molecule has 0 atom stereocenters. The van der Waals surface area contributed by atoms with Crippen LogP contribution < -0.4 is 5.32 Å². The van der Waals surface area contributed by atoms with Gasteiger partial charge in [0.05, 0.1) is 5.52 Å². The molecule has 0 saturated heterocycles. The molecule has 0 fully saturated rings. The minimum atomic E-state index is 0.771. The minimum Gasteiger partial charge on any atom is -0.381 e. The smallest absolute Gasteiger partial charge is 0.0725 e. The van der Waals surface area contributed by atoms with Gasteiger partial charge in [0.1, 0.15) is 0 Å². The lowest BCUT2D eigenvalue weighted by atomic mass is 10.1. The highest BCUT2D eigenvalue weighted by atomic mass is 14.9. The molecule has 2 aromatic rings. The predicted molar refractivity (Wildman–Crippen MR) is 65.2 cm³/mol. The van der Waals surface area contributed by atoms with Gasteiger partial charge >= 0.3 is 0 Å². The molecular formula is C13H14N2. The Hall–Kier alpha value is -1.83. The van der Waals surface area contributed by atoms with Crippen LogP contribution >= 0.6 is 0 Å². The zero-order chi connectivity index (χ0) is 10.7. The molecule has 0 aliphatic rings. The highest BCUT2D eigenvalue weighted by molar-refractivity contribution is 5.91. The van der Waals surface area contributed by atoms with Crippen LogP contribution in [-0.2, 0) is 0 Å². The summed E-state index contributed by atoms with van der Waals surface area (Å²) >= 11 is 0. The Morgan fingerprint density at radius 1 is 1.40 bits per heavy atom. The van der Waals surface area contributed by atoms with Gasteiger partial charge in [-0.05, 0) is 19.1 Å². The van der Waals surface area contributed by atoms with Crippen LogP contribution in [0.2, 0.25) is 0 Å². The van der Waals surface area contributed by atoms with Gasteiger partial charge in [0.2, 0.25) is 0 Å². The summed E-state index contributed by atoms with van der Waals surface area (Å²) in [6.45, 7) is 6.48. The lowest BCUT2D eigenvalue weighted by Gasteiger charge is -2.08. The number of rotatable bonds is 3. The molecule has 0 bridgehead atoms. The molecule has 2 nitrogen and oxygen atoms in total. The molecule has 2 heteroatoms. The van der Waals surface area contributed by atoms with Gasteiger partial charge in [-0.15, -0.1) is 6.58 Å². The summed E-state index contributed by atoms with van der Waals surface area (Å²) < 4.78 is 0. The van der Waals surface area contributed by atoms with Crippen LogP contribution in [0.1, 0.15) is 5.69 Å². The van der Waals surface area contributed by atoms with E-state index in [0.717, 1.165) is 28.8 Å². The van der Waals surface area contributed by atoms with E-state index in [1.807, 2.05) is 31.2 Å². The highest BCUT2D eigenvalue weighted by Gasteiger charge is 2.01. The van der Waals surface area contributed by atoms with E-state index in [-0.39, 0.29) is 0 Å². The number of fused-ring (bicyclic) bond motifs is 1. The second kappa shape index (κ2) is 4.13. The zero-order valence-corrected chi connectivity index (χ0v) is 8.83. The van der Waals surface area contributed by atoms with Crippen LogP contribution in [0, 0.1) is 6.92 Å². The van der Waals surface area contributed by atoms with Gasteiger partial charge in [0.15, 0.2) is 0 Å². The quantitative estimate of drug-likeness (QED) is 0.766. The molecule has 0 aliphatic heterocycles. The molecule has 0 spiro atoms. The second-order valence-electron chi connectivity index (χ2n) is 3.50. The standard InChI is InChI=1S/C13H14N2/c1-3-8-14-13-9-10(2)15-12-7-5-4-6-11(12)13/h3-7,9H,1,8H2,2H3,(H,14,15). The van der Waals surface area contributed by atoms with E-state index in [9.17, 15) is 0 Å². The monoisotopic (exact) mass is 198 g/mol. The Balaban J connectivity index is 2.55. The summed E-state index contributed by atoms with van der Waals surface area (Å²) in [5.74, 6) is 0. The SMILES string of the molecule is C=CCNc1cc(C)nc2ccccc12. The number of benzene rings is 1. The summed E-state index contributed by atoms with van der Waals surface area (Å²) in [4.78, 5) is 4.48. The first kappa shape index (κ1) is 9.71. The number of pyridine rings is 1. The van der Waals surface area contributed by atoms with Gasteiger partial charge in [-0.1, -0.05) is 24.3 Å². The maximum Gasteiger partial charge on any atom is 0.0725 e. The fraction of sp³-hybridized carbons (Fsp3) is 0.154.